The van der Waals surface area contributed by atoms with Crippen LogP contribution in [0.3, 0.4) is 0 Å². The van der Waals surface area contributed by atoms with Gasteiger partial charge in [-0.25, -0.2) is 0 Å². The Labute approximate surface area is 147 Å². The van der Waals surface area contributed by atoms with Crippen molar-refractivity contribution >= 4 is 23.5 Å². The summed E-state index contributed by atoms with van der Waals surface area (Å²) < 4.78 is 0. The second-order valence-electron chi connectivity index (χ2n) is 6.99. The molecule has 1 unspecified atom stereocenters. The van der Waals surface area contributed by atoms with Gasteiger partial charge in [0.15, 0.2) is 0 Å². The topological polar surface area (TPSA) is 57.6 Å². The third-order valence-corrected chi connectivity index (χ3v) is 5.68. The van der Waals surface area contributed by atoms with Gasteiger partial charge in [0.05, 0.1) is 12.0 Å². The van der Waals surface area contributed by atoms with Gasteiger partial charge >= 0.3 is 5.97 Å². The number of aliphatic carboxylic acids is 1. The van der Waals surface area contributed by atoms with Gasteiger partial charge in [-0.05, 0) is 62.6 Å². The van der Waals surface area contributed by atoms with E-state index in [1.54, 1.807) is 0 Å². The second-order valence-corrected chi connectivity index (χ2v) is 7.42. The van der Waals surface area contributed by atoms with E-state index in [1.807, 2.05) is 29.2 Å². The molecule has 1 aliphatic heterocycles. The number of hydrogen-bond donors (Lipinski definition) is 1. The Hall–Kier alpha value is -1.55. The molecule has 0 aromatic heterocycles. The summed E-state index contributed by atoms with van der Waals surface area (Å²) in [6, 6.07) is 7.89. The zero-order chi connectivity index (χ0) is 17.1. The van der Waals surface area contributed by atoms with E-state index in [-0.39, 0.29) is 23.8 Å². The normalized spacial score (nSPS) is 27.7. The third kappa shape index (κ3) is 3.75. The molecule has 2 aliphatic rings. The number of carbonyl (C=O) groups is 2. The summed E-state index contributed by atoms with van der Waals surface area (Å²) in [5, 5.41) is 9.82. The monoisotopic (exact) mass is 349 g/mol. The number of rotatable bonds is 3. The van der Waals surface area contributed by atoms with Crippen LogP contribution in [-0.2, 0) is 9.59 Å². The van der Waals surface area contributed by atoms with E-state index in [9.17, 15) is 9.59 Å². The summed E-state index contributed by atoms with van der Waals surface area (Å²) in [4.78, 5) is 26.2. The number of nitrogens with zero attached hydrogens (tertiary/aromatic N) is 1. The van der Waals surface area contributed by atoms with Crippen molar-refractivity contribution in [1.29, 1.82) is 0 Å². The van der Waals surface area contributed by atoms with Crippen LogP contribution in [0.1, 0.15) is 56.6 Å². The fourth-order valence-corrected chi connectivity index (χ4v) is 4.28. The first-order valence-electron chi connectivity index (χ1n) is 8.85. The lowest BCUT2D eigenvalue weighted by Gasteiger charge is -2.39. The van der Waals surface area contributed by atoms with Gasteiger partial charge in [0.25, 0.3) is 0 Å². The molecular weight excluding hydrogens is 326 g/mol. The molecule has 5 heteroatoms. The number of likely N-dealkylation sites (tertiary alicyclic amines) is 1. The molecule has 0 radical (unpaired) electrons. The fraction of sp³-hybridized carbons (Fsp3) is 0.579. The highest BCUT2D eigenvalue weighted by atomic mass is 35.5. The lowest BCUT2D eigenvalue weighted by Crippen LogP contribution is -2.43. The number of carbonyl (C=O) groups excluding carboxylic acids is 1. The number of carboxylic acid groups (broad SMARTS) is 1. The van der Waals surface area contributed by atoms with E-state index in [0.29, 0.717) is 30.7 Å². The van der Waals surface area contributed by atoms with Crippen molar-refractivity contribution in [2.75, 3.05) is 6.54 Å². The minimum absolute atomic E-state index is 0.0274. The predicted molar refractivity (Wildman–Crippen MR) is 92.8 cm³/mol. The lowest BCUT2D eigenvalue weighted by atomic mass is 9.80. The van der Waals surface area contributed by atoms with Crippen LogP contribution >= 0.6 is 11.6 Å². The molecule has 1 aromatic rings. The van der Waals surface area contributed by atoms with Crippen molar-refractivity contribution in [3.05, 3.63) is 34.9 Å². The molecule has 1 atom stereocenters. The van der Waals surface area contributed by atoms with Crippen LogP contribution in [-0.4, -0.2) is 28.4 Å². The molecular formula is C19H24ClNO3. The molecule has 4 nitrogen and oxygen atoms in total. The molecule has 1 amide bonds. The highest BCUT2D eigenvalue weighted by molar-refractivity contribution is 6.30. The van der Waals surface area contributed by atoms with Gasteiger partial charge in [0, 0.05) is 17.5 Å². The highest BCUT2D eigenvalue weighted by Crippen LogP contribution is 2.36. The summed E-state index contributed by atoms with van der Waals surface area (Å²) in [6.07, 6.45) is 5.72. The molecule has 0 bridgehead atoms. The minimum Gasteiger partial charge on any atom is -0.481 e. The second kappa shape index (κ2) is 7.56. The average Bonchev–Trinajstić information content (AvgIpc) is 2.61. The Morgan fingerprint density at radius 3 is 2.42 bits per heavy atom. The number of hydrogen-bond acceptors (Lipinski definition) is 2. The Bertz CT molecular complexity index is 610. The number of piperidine rings is 1. The quantitative estimate of drug-likeness (QED) is 0.885. The SMILES string of the molecule is O=C(O)C1CCC(C(=O)N2CCCCC2c2cccc(Cl)c2)CC1. The zero-order valence-corrected chi connectivity index (χ0v) is 14.5. The Morgan fingerprint density at radius 1 is 1.04 bits per heavy atom. The first-order valence-corrected chi connectivity index (χ1v) is 9.23. The molecule has 1 aromatic carbocycles. The summed E-state index contributed by atoms with van der Waals surface area (Å²) in [5.41, 5.74) is 1.11. The molecule has 0 spiro atoms. The van der Waals surface area contributed by atoms with Crippen molar-refractivity contribution in [3.63, 3.8) is 0 Å². The lowest BCUT2D eigenvalue weighted by molar-refractivity contribution is -0.147. The largest absolute Gasteiger partial charge is 0.481 e. The van der Waals surface area contributed by atoms with Gasteiger partial charge in [-0.2, -0.15) is 0 Å². The first kappa shape index (κ1) is 17.3. The molecule has 24 heavy (non-hydrogen) atoms. The van der Waals surface area contributed by atoms with E-state index in [2.05, 4.69) is 0 Å². The summed E-state index contributed by atoms with van der Waals surface area (Å²) >= 11 is 6.13. The molecule has 1 N–H and O–H groups in total. The molecule has 130 valence electrons. The van der Waals surface area contributed by atoms with E-state index in [1.165, 1.54) is 0 Å². The van der Waals surface area contributed by atoms with E-state index >= 15 is 0 Å². The van der Waals surface area contributed by atoms with Crippen LogP contribution < -0.4 is 0 Å². The van der Waals surface area contributed by atoms with Gasteiger partial charge in [0.2, 0.25) is 5.91 Å². The first-order chi connectivity index (χ1) is 11.6. The molecule has 1 saturated carbocycles. The van der Waals surface area contributed by atoms with Gasteiger partial charge in [0.1, 0.15) is 0 Å². The zero-order valence-electron chi connectivity index (χ0n) is 13.8. The van der Waals surface area contributed by atoms with Crippen molar-refractivity contribution in [1.82, 2.24) is 4.90 Å². The van der Waals surface area contributed by atoms with Crippen molar-refractivity contribution < 1.29 is 14.7 Å². The van der Waals surface area contributed by atoms with Crippen LogP contribution in [0.2, 0.25) is 5.02 Å². The van der Waals surface area contributed by atoms with Crippen molar-refractivity contribution in [3.8, 4) is 0 Å². The molecule has 2 fully saturated rings. The van der Waals surface area contributed by atoms with Gasteiger partial charge in [-0.3, -0.25) is 9.59 Å². The van der Waals surface area contributed by atoms with E-state index < -0.39 is 5.97 Å². The summed E-state index contributed by atoms with van der Waals surface area (Å²) in [7, 11) is 0. The summed E-state index contributed by atoms with van der Waals surface area (Å²) in [5.74, 6) is -0.835. The van der Waals surface area contributed by atoms with E-state index in [4.69, 9.17) is 16.7 Å². The van der Waals surface area contributed by atoms with Gasteiger partial charge in [-0.1, -0.05) is 23.7 Å². The Kier molecular flexibility index (Phi) is 5.44. The fourth-order valence-electron chi connectivity index (χ4n) is 4.08. The molecule has 1 aliphatic carbocycles. The number of halogens is 1. The van der Waals surface area contributed by atoms with Crippen LogP contribution in [0, 0.1) is 11.8 Å². The average molecular weight is 350 g/mol. The van der Waals surface area contributed by atoms with Gasteiger partial charge < -0.3 is 10.0 Å². The maximum Gasteiger partial charge on any atom is 0.306 e. The van der Waals surface area contributed by atoms with Crippen molar-refractivity contribution in [2.45, 2.75) is 51.0 Å². The molecule has 1 saturated heterocycles. The van der Waals surface area contributed by atoms with Gasteiger partial charge in [-0.15, -0.1) is 0 Å². The number of benzene rings is 1. The number of amides is 1. The number of carboxylic acids is 1. The Morgan fingerprint density at radius 2 is 1.75 bits per heavy atom. The highest BCUT2D eigenvalue weighted by Gasteiger charge is 2.35. The van der Waals surface area contributed by atoms with Crippen LogP contribution in [0.25, 0.3) is 0 Å². The Balaban J connectivity index is 1.71. The standard InChI is InChI=1S/C19H24ClNO3/c20-16-5-3-4-15(12-16)17-6-1-2-11-21(17)18(22)13-7-9-14(10-8-13)19(23)24/h3-5,12-14,17H,1-2,6-11H2,(H,23,24). The van der Waals surface area contributed by atoms with Crippen LogP contribution in [0.15, 0.2) is 24.3 Å². The smallest absolute Gasteiger partial charge is 0.306 e. The third-order valence-electron chi connectivity index (χ3n) is 5.44. The maximum absolute atomic E-state index is 13.0. The minimum atomic E-state index is -0.726. The van der Waals surface area contributed by atoms with Crippen molar-refractivity contribution in [2.24, 2.45) is 11.8 Å². The van der Waals surface area contributed by atoms with Crippen LogP contribution in [0.5, 0.6) is 0 Å². The molecule has 3 rings (SSSR count). The molecule has 1 heterocycles. The van der Waals surface area contributed by atoms with Crippen LogP contribution in [0.4, 0.5) is 0 Å². The maximum atomic E-state index is 13.0. The van der Waals surface area contributed by atoms with E-state index in [0.717, 1.165) is 31.4 Å². The predicted octanol–water partition coefficient (Wildman–Crippen LogP) is 4.28. The summed E-state index contributed by atoms with van der Waals surface area (Å²) in [6.45, 7) is 0.787.